The first-order chi connectivity index (χ1) is 30.1. The van der Waals surface area contributed by atoms with Crippen molar-refractivity contribution in [2.24, 2.45) is 0 Å². The van der Waals surface area contributed by atoms with Gasteiger partial charge in [-0.3, -0.25) is 33.6 Å². The number of nitrogens with one attached hydrogen (secondary N) is 7. The molecular weight excluding hydrogens is 863 g/mol. The van der Waals surface area contributed by atoms with Crippen molar-refractivity contribution >= 4 is 95.3 Å². The SMILES string of the molecule is CC(C)(NC(=O)CCCCC1CCSS1)C(=O)NC(C)(C)C(=O)NC(C)(C)C(=O)NC(C)(C)C(=O)NC(C)(C)C(=O)NC(C)(C)C(=O)NCc1ccc2ccc3cccc4ccc1c2c34. The molecule has 14 nitrogen and oxygen atoms in total. The second-order valence-electron chi connectivity index (χ2n) is 20.4. The van der Waals surface area contributed by atoms with Gasteiger partial charge in [-0.2, -0.15) is 0 Å². The lowest BCUT2D eigenvalue weighted by Gasteiger charge is -2.37. The Kier molecular flexibility index (Phi) is 15.2. The molecule has 4 aromatic carbocycles. The van der Waals surface area contributed by atoms with E-state index in [1.165, 1.54) is 67.2 Å². The molecule has 0 saturated carbocycles. The standard InChI is InChI=1S/C49H67N7O7S2/c1-44(2,38(58)50-28-32-23-22-31-21-20-29-16-15-17-30-24-25-34(32)37(31)36(29)30)52-40(60)46(5,6)54-42(62)48(9,10)56-43(63)49(11,12)55-41(61)47(7,8)53-39(59)45(3,4)51-35(57)19-14-13-18-33-26-27-64-65-33/h15-17,20-25,33H,13-14,18-19,26-28H2,1-12H3,(H,50,58)(H,51,57)(H,52,60)(H,53,59)(H,54,62)(H,55,61)(H,56,63). The third-order valence-electron chi connectivity index (χ3n) is 12.0. The molecule has 4 aromatic rings. The second kappa shape index (κ2) is 19.4. The maximum atomic E-state index is 13.7. The topological polar surface area (TPSA) is 204 Å². The van der Waals surface area contributed by atoms with Crippen LogP contribution in [0.4, 0.5) is 0 Å². The molecule has 5 rings (SSSR count). The molecule has 1 aliphatic rings. The van der Waals surface area contributed by atoms with Crippen LogP contribution in [0.5, 0.6) is 0 Å². The number of benzene rings is 4. The highest BCUT2D eigenvalue weighted by Crippen LogP contribution is 2.40. The van der Waals surface area contributed by atoms with E-state index in [1.807, 2.05) is 39.8 Å². The zero-order valence-corrected chi connectivity index (χ0v) is 41.5. The van der Waals surface area contributed by atoms with E-state index in [0.29, 0.717) is 11.7 Å². The lowest BCUT2D eigenvalue weighted by atomic mass is 9.92. The number of hydrogen-bond acceptors (Lipinski definition) is 9. The summed E-state index contributed by atoms with van der Waals surface area (Å²) in [7, 11) is 3.79. The Morgan fingerprint density at radius 3 is 1.38 bits per heavy atom. The summed E-state index contributed by atoms with van der Waals surface area (Å²) in [5.74, 6) is -2.84. The van der Waals surface area contributed by atoms with E-state index in [2.05, 4.69) is 73.6 Å². The summed E-state index contributed by atoms with van der Waals surface area (Å²) < 4.78 is 0. The van der Waals surface area contributed by atoms with Gasteiger partial charge in [-0.1, -0.05) is 82.6 Å². The zero-order valence-electron chi connectivity index (χ0n) is 39.9. The number of rotatable bonds is 19. The van der Waals surface area contributed by atoms with Gasteiger partial charge in [0.25, 0.3) is 0 Å². The van der Waals surface area contributed by atoms with E-state index in [1.54, 1.807) is 27.7 Å². The summed E-state index contributed by atoms with van der Waals surface area (Å²) in [6, 6.07) is 18.6. The molecule has 7 amide bonds. The summed E-state index contributed by atoms with van der Waals surface area (Å²) >= 11 is 0. The van der Waals surface area contributed by atoms with Crippen LogP contribution in [-0.4, -0.2) is 85.6 Å². The molecule has 0 aliphatic carbocycles. The van der Waals surface area contributed by atoms with Gasteiger partial charge >= 0.3 is 0 Å². The van der Waals surface area contributed by atoms with Crippen molar-refractivity contribution in [1.82, 2.24) is 37.2 Å². The van der Waals surface area contributed by atoms with E-state index in [9.17, 15) is 33.6 Å². The van der Waals surface area contributed by atoms with E-state index in [-0.39, 0.29) is 18.9 Å². The predicted molar refractivity (Wildman–Crippen MR) is 262 cm³/mol. The summed E-state index contributed by atoms with van der Waals surface area (Å²) in [4.78, 5) is 94.2. The number of carbonyl (C=O) groups excluding carboxylic acids is 7. The Balaban J connectivity index is 1.11. The summed E-state index contributed by atoms with van der Waals surface area (Å²) in [5.41, 5.74) is -7.96. The number of unbranched alkanes of at least 4 members (excludes halogenated alkanes) is 1. The molecule has 1 atom stereocenters. The Morgan fingerprint density at radius 2 is 0.923 bits per heavy atom. The van der Waals surface area contributed by atoms with Gasteiger partial charge in [0.05, 0.1) is 0 Å². The Hall–Kier alpha value is -5.09. The zero-order chi connectivity index (χ0) is 48.3. The fraction of sp³-hybridized carbons (Fsp3) is 0.531. The van der Waals surface area contributed by atoms with Crippen molar-refractivity contribution in [3.8, 4) is 0 Å². The minimum atomic E-state index is -1.58. The second-order valence-corrected chi connectivity index (χ2v) is 23.2. The van der Waals surface area contributed by atoms with Gasteiger partial charge in [-0.25, -0.2) is 0 Å². The fourth-order valence-electron chi connectivity index (χ4n) is 7.52. The van der Waals surface area contributed by atoms with Crippen LogP contribution in [0.1, 0.15) is 121 Å². The third-order valence-corrected chi connectivity index (χ3v) is 15.0. The van der Waals surface area contributed by atoms with Gasteiger partial charge in [0.1, 0.15) is 33.2 Å². The summed E-state index contributed by atoms with van der Waals surface area (Å²) in [5, 5.41) is 26.6. The first-order valence-electron chi connectivity index (χ1n) is 22.2. The van der Waals surface area contributed by atoms with Gasteiger partial charge in [0, 0.05) is 24.0 Å². The molecule has 0 radical (unpaired) electrons. The van der Waals surface area contributed by atoms with E-state index in [4.69, 9.17) is 0 Å². The van der Waals surface area contributed by atoms with E-state index >= 15 is 0 Å². The first kappa shape index (κ1) is 50.9. The Morgan fingerprint density at radius 1 is 0.508 bits per heavy atom. The minimum absolute atomic E-state index is 0.223. The molecule has 0 aromatic heterocycles. The largest absolute Gasteiger partial charge is 0.350 e. The molecule has 352 valence electrons. The maximum Gasteiger partial charge on any atom is 0.246 e. The van der Waals surface area contributed by atoms with Crippen molar-refractivity contribution in [2.75, 3.05) is 5.75 Å². The van der Waals surface area contributed by atoms with Gasteiger partial charge < -0.3 is 37.2 Å². The molecule has 1 fully saturated rings. The maximum absolute atomic E-state index is 13.7. The highest BCUT2D eigenvalue weighted by atomic mass is 33.1. The monoisotopic (exact) mass is 929 g/mol. The molecule has 1 aliphatic heterocycles. The van der Waals surface area contributed by atoms with Crippen molar-refractivity contribution in [2.45, 2.75) is 160 Å². The number of amides is 7. The molecule has 1 heterocycles. The molecule has 16 heteroatoms. The summed E-state index contributed by atoms with van der Waals surface area (Å²) in [6.45, 7) is 18.2. The van der Waals surface area contributed by atoms with Crippen LogP contribution in [0, 0.1) is 0 Å². The molecular formula is C49H67N7O7S2. The van der Waals surface area contributed by atoms with Gasteiger partial charge in [0.15, 0.2) is 0 Å². The Labute approximate surface area is 390 Å². The average Bonchev–Trinajstić information content (AvgIpc) is 3.73. The van der Waals surface area contributed by atoms with Crippen molar-refractivity contribution in [3.63, 3.8) is 0 Å². The third kappa shape index (κ3) is 12.2. The van der Waals surface area contributed by atoms with Crippen LogP contribution in [0.15, 0.2) is 54.6 Å². The molecule has 1 unspecified atom stereocenters. The predicted octanol–water partition coefficient (Wildman–Crippen LogP) is 6.28. The number of hydrogen-bond donors (Lipinski definition) is 7. The van der Waals surface area contributed by atoms with Crippen LogP contribution >= 0.6 is 21.6 Å². The van der Waals surface area contributed by atoms with Crippen LogP contribution < -0.4 is 37.2 Å². The Bertz CT molecular complexity index is 2460. The van der Waals surface area contributed by atoms with E-state index in [0.717, 1.165) is 51.1 Å². The average molecular weight is 930 g/mol. The highest BCUT2D eigenvalue weighted by Gasteiger charge is 2.44. The molecule has 1 saturated heterocycles. The van der Waals surface area contributed by atoms with Gasteiger partial charge in [0.2, 0.25) is 41.4 Å². The fourth-order valence-corrected chi connectivity index (χ4v) is 10.5. The van der Waals surface area contributed by atoms with Gasteiger partial charge in [-0.05, 0) is 140 Å². The normalized spacial score (nSPS) is 15.1. The van der Waals surface area contributed by atoms with Gasteiger partial charge in [-0.15, -0.1) is 0 Å². The van der Waals surface area contributed by atoms with Crippen LogP contribution in [0.2, 0.25) is 0 Å². The van der Waals surface area contributed by atoms with Crippen molar-refractivity contribution < 1.29 is 33.6 Å². The van der Waals surface area contributed by atoms with Crippen molar-refractivity contribution in [3.05, 3.63) is 60.2 Å². The van der Waals surface area contributed by atoms with Crippen molar-refractivity contribution in [1.29, 1.82) is 0 Å². The minimum Gasteiger partial charge on any atom is -0.350 e. The summed E-state index contributed by atoms with van der Waals surface area (Å²) in [6.07, 6.45) is 4.18. The lowest BCUT2D eigenvalue weighted by Crippen LogP contribution is -2.69. The van der Waals surface area contributed by atoms with Crippen LogP contribution in [0.25, 0.3) is 32.3 Å². The quantitative estimate of drug-likeness (QED) is 0.0321. The smallest absolute Gasteiger partial charge is 0.246 e. The lowest BCUT2D eigenvalue weighted by molar-refractivity contribution is -0.142. The van der Waals surface area contributed by atoms with E-state index < -0.39 is 68.7 Å². The van der Waals surface area contributed by atoms with Crippen LogP contribution in [0.3, 0.4) is 0 Å². The molecule has 7 N–H and O–H groups in total. The number of carbonyl (C=O) groups is 7. The van der Waals surface area contributed by atoms with Crippen LogP contribution in [-0.2, 0) is 40.1 Å². The first-order valence-corrected chi connectivity index (χ1v) is 24.6. The molecule has 0 bridgehead atoms. The highest BCUT2D eigenvalue weighted by molar-refractivity contribution is 8.77. The molecule has 0 spiro atoms. The molecule has 65 heavy (non-hydrogen) atoms.